The molecule has 7 atom stereocenters. The summed E-state index contributed by atoms with van der Waals surface area (Å²) in [6.07, 6.45) is 70.6. The van der Waals surface area contributed by atoms with Crippen molar-refractivity contribution in [1.29, 1.82) is 0 Å². The molecule has 478 valence electrons. The zero-order valence-electron chi connectivity index (χ0n) is 53.6. The third-order valence-corrected chi connectivity index (χ3v) is 18.0. The molecule has 0 aromatic rings. The SMILES string of the molecule is CCCCCCCCCCCCCCCCCCCCCCCCCCCCCCCCCCCCCCCCC(=O)NC(COC1OC(CO)C(O)C(O)C1O)C(O)CCCCCCCCCCCCCCCCCCCCC. The Kier molecular flexibility index (Phi) is 59.1. The number of carbonyl (C=O) groups excluding carboxylic acids is 1. The summed E-state index contributed by atoms with van der Waals surface area (Å²) in [6, 6.07) is -0.715. The first-order chi connectivity index (χ1) is 39.3. The van der Waals surface area contributed by atoms with Gasteiger partial charge >= 0.3 is 0 Å². The largest absolute Gasteiger partial charge is 0.394 e. The van der Waals surface area contributed by atoms with Crippen LogP contribution in [0, 0.1) is 0 Å². The molecule has 1 heterocycles. The summed E-state index contributed by atoms with van der Waals surface area (Å²) in [5.41, 5.74) is 0. The fourth-order valence-corrected chi connectivity index (χ4v) is 12.3. The van der Waals surface area contributed by atoms with E-state index in [-0.39, 0.29) is 12.5 Å². The summed E-state index contributed by atoms with van der Waals surface area (Å²) < 4.78 is 11.4. The quantitative estimate of drug-likeness (QED) is 0.0330. The van der Waals surface area contributed by atoms with Crippen LogP contribution in [0.25, 0.3) is 0 Å². The maximum Gasteiger partial charge on any atom is 0.220 e. The van der Waals surface area contributed by atoms with Gasteiger partial charge in [-0.2, -0.15) is 0 Å². The van der Waals surface area contributed by atoms with Gasteiger partial charge in [-0.25, -0.2) is 0 Å². The molecule has 1 fully saturated rings. The predicted molar refractivity (Wildman–Crippen MR) is 341 cm³/mol. The van der Waals surface area contributed by atoms with Crippen LogP contribution in [0.3, 0.4) is 0 Å². The van der Waals surface area contributed by atoms with E-state index in [9.17, 15) is 30.3 Å². The molecule has 1 amide bonds. The molecule has 1 aliphatic heterocycles. The third kappa shape index (κ3) is 49.5. The number of ether oxygens (including phenoxy) is 2. The highest BCUT2D eigenvalue weighted by molar-refractivity contribution is 5.76. The molecule has 9 nitrogen and oxygen atoms in total. The van der Waals surface area contributed by atoms with Crippen molar-refractivity contribution in [1.82, 2.24) is 5.32 Å². The number of nitrogens with one attached hydrogen (secondary N) is 1. The van der Waals surface area contributed by atoms with Crippen molar-refractivity contribution >= 4 is 5.91 Å². The maximum atomic E-state index is 13.1. The molecular weight excluding hydrogens is 995 g/mol. The highest BCUT2D eigenvalue weighted by atomic mass is 16.7. The Balaban J connectivity index is 2.02. The molecule has 0 spiro atoms. The Hall–Kier alpha value is -0.810. The lowest BCUT2D eigenvalue weighted by Crippen LogP contribution is -2.60. The average molecular weight is 1140 g/mol. The topological polar surface area (TPSA) is 149 Å². The highest BCUT2D eigenvalue weighted by Gasteiger charge is 2.44. The number of hydrogen-bond donors (Lipinski definition) is 6. The Labute approximate surface area is 497 Å². The standard InChI is InChI=1S/C71H141NO8/c1-3-5-7-9-11-13-15-17-19-21-23-24-25-26-27-28-29-30-31-32-33-34-35-36-37-38-39-40-41-43-45-47-49-51-53-55-57-59-61-67(75)72-64(63-79-71-70(78)69(77)68(76)66(62-73)80-71)65(74)60-58-56-54-52-50-48-46-44-42-22-20-18-16-14-12-10-8-6-4-2/h64-66,68-71,73-74,76-78H,3-63H2,1-2H3,(H,72,75). The van der Waals surface area contributed by atoms with E-state index >= 15 is 0 Å². The molecule has 7 unspecified atom stereocenters. The van der Waals surface area contributed by atoms with Crippen molar-refractivity contribution in [2.45, 2.75) is 436 Å². The lowest BCUT2D eigenvalue weighted by Gasteiger charge is -2.40. The van der Waals surface area contributed by atoms with E-state index in [2.05, 4.69) is 19.2 Å². The van der Waals surface area contributed by atoms with Gasteiger partial charge in [0.15, 0.2) is 6.29 Å². The Morgan fingerprint density at radius 1 is 0.375 bits per heavy atom. The van der Waals surface area contributed by atoms with Gasteiger partial charge in [-0.15, -0.1) is 0 Å². The van der Waals surface area contributed by atoms with E-state index in [1.807, 2.05) is 0 Å². The predicted octanol–water partition coefficient (Wildman–Crippen LogP) is 19.7. The minimum Gasteiger partial charge on any atom is -0.394 e. The second-order valence-electron chi connectivity index (χ2n) is 25.8. The van der Waals surface area contributed by atoms with Crippen LogP contribution < -0.4 is 5.32 Å². The molecule has 0 radical (unpaired) electrons. The van der Waals surface area contributed by atoms with Gasteiger partial charge in [-0.05, 0) is 12.8 Å². The smallest absolute Gasteiger partial charge is 0.220 e. The van der Waals surface area contributed by atoms with Gasteiger partial charge in [0.1, 0.15) is 24.4 Å². The summed E-state index contributed by atoms with van der Waals surface area (Å²) in [6.45, 7) is 3.91. The summed E-state index contributed by atoms with van der Waals surface area (Å²) in [5, 5.41) is 54.9. The molecule has 0 bridgehead atoms. The number of unbranched alkanes of at least 4 members (excludes halogenated alkanes) is 55. The first kappa shape index (κ1) is 77.2. The van der Waals surface area contributed by atoms with Gasteiger partial charge < -0.3 is 40.3 Å². The first-order valence-corrected chi connectivity index (χ1v) is 36.2. The first-order valence-electron chi connectivity index (χ1n) is 36.2. The van der Waals surface area contributed by atoms with Crippen molar-refractivity contribution < 1.29 is 39.8 Å². The normalized spacial score (nSPS) is 18.3. The Morgan fingerprint density at radius 2 is 0.625 bits per heavy atom. The van der Waals surface area contributed by atoms with E-state index in [0.29, 0.717) is 12.8 Å². The van der Waals surface area contributed by atoms with Crippen LogP contribution in [0.1, 0.15) is 393 Å². The zero-order valence-corrected chi connectivity index (χ0v) is 53.6. The van der Waals surface area contributed by atoms with Crippen LogP contribution in [-0.2, 0) is 14.3 Å². The van der Waals surface area contributed by atoms with E-state index in [1.54, 1.807) is 0 Å². The zero-order chi connectivity index (χ0) is 57.9. The number of carbonyl (C=O) groups is 1. The number of aliphatic hydroxyl groups is 5. The summed E-state index contributed by atoms with van der Waals surface area (Å²) in [5.74, 6) is -0.133. The van der Waals surface area contributed by atoms with Crippen molar-refractivity contribution in [3.63, 3.8) is 0 Å². The molecule has 1 aliphatic rings. The molecule has 0 aromatic carbocycles. The fourth-order valence-electron chi connectivity index (χ4n) is 12.3. The molecule has 6 N–H and O–H groups in total. The summed E-state index contributed by atoms with van der Waals surface area (Å²) >= 11 is 0. The van der Waals surface area contributed by atoms with Crippen LogP contribution in [-0.4, -0.2) is 87.5 Å². The molecule has 80 heavy (non-hydrogen) atoms. The molecule has 1 saturated heterocycles. The third-order valence-electron chi connectivity index (χ3n) is 18.0. The maximum absolute atomic E-state index is 13.1. The van der Waals surface area contributed by atoms with E-state index in [0.717, 1.165) is 38.5 Å². The average Bonchev–Trinajstić information content (AvgIpc) is 3.49. The fraction of sp³-hybridized carbons (Fsp3) is 0.986. The highest BCUT2D eigenvalue weighted by Crippen LogP contribution is 2.24. The lowest BCUT2D eigenvalue weighted by molar-refractivity contribution is -0.302. The molecule has 1 rings (SSSR count). The van der Waals surface area contributed by atoms with Crippen LogP contribution >= 0.6 is 0 Å². The van der Waals surface area contributed by atoms with Crippen molar-refractivity contribution in [3.8, 4) is 0 Å². The number of hydrogen-bond acceptors (Lipinski definition) is 8. The van der Waals surface area contributed by atoms with Crippen LogP contribution in [0.4, 0.5) is 0 Å². The monoisotopic (exact) mass is 1140 g/mol. The van der Waals surface area contributed by atoms with Gasteiger partial charge in [0.2, 0.25) is 5.91 Å². The second-order valence-corrected chi connectivity index (χ2v) is 25.8. The van der Waals surface area contributed by atoms with Gasteiger partial charge in [0, 0.05) is 6.42 Å². The van der Waals surface area contributed by atoms with E-state index in [1.165, 1.54) is 327 Å². The molecular formula is C71H141NO8. The van der Waals surface area contributed by atoms with Gasteiger partial charge in [0.05, 0.1) is 25.4 Å². The van der Waals surface area contributed by atoms with Gasteiger partial charge in [-0.1, -0.05) is 373 Å². The number of amides is 1. The van der Waals surface area contributed by atoms with Crippen LogP contribution in [0.5, 0.6) is 0 Å². The molecule has 0 saturated carbocycles. The summed E-state index contributed by atoms with van der Waals surface area (Å²) in [4.78, 5) is 13.1. The molecule has 0 aromatic heterocycles. The van der Waals surface area contributed by atoms with Gasteiger partial charge in [-0.3, -0.25) is 4.79 Å². The molecule has 9 heteroatoms. The minimum atomic E-state index is -1.55. The minimum absolute atomic E-state index is 0.130. The lowest BCUT2D eigenvalue weighted by atomic mass is 9.99. The van der Waals surface area contributed by atoms with E-state index in [4.69, 9.17) is 9.47 Å². The van der Waals surface area contributed by atoms with Gasteiger partial charge in [0.25, 0.3) is 0 Å². The number of aliphatic hydroxyl groups excluding tert-OH is 5. The van der Waals surface area contributed by atoms with Crippen molar-refractivity contribution in [3.05, 3.63) is 0 Å². The Morgan fingerprint density at radius 3 is 0.887 bits per heavy atom. The number of rotatable bonds is 65. The Bertz CT molecular complexity index is 1220. The van der Waals surface area contributed by atoms with Crippen molar-refractivity contribution in [2.24, 2.45) is 0 Å². The molecule has 0 aliphatic carbocycles. The van der Waals surface area contributed by atoms with Crippen molar-refractivity contribution in [2.75, 3.05) is 13.2 Å². The van der Waals surface area contributed by atoms with E-state index < -0.39 is 49.5 Å². The van der Waals surface area contributed by atoms with Crippen LogP contribution in [0.15, 0.2) is 0 Å². The summed E-state index contributed by atoms with van der Waals surface area (Å²) in [7, 11) is 0. The second kappa shape index (κ2) is 61.3. The van der Waals surface area contributed by atoms with Crippen LogP contribution in [0.2, 0.25) is 0 Å².